The maximum absolute atomic E-state index is 12.3. The summed E-state index contributed by atoms with van der Waals surface area (Å²) < 4.78 is 5.22. The minimum Gasteiger partial charge on any atom is -0.448 e. The molecule has 2 aromatic carbocycles. The van der Waals surface area contributed by atoms with Gasteiger partial charge < -0.3 is 10.1 Å². The van der Waals surface area contributed by atoms with Gasteiger partial charge in [0, 0.05) is 17.0 Å². The fourth-order valence-corrected chi connectivity index (χ4v) is 2.56. The average molecular weight is 358 g/mol. The van der Waals surface area contributed by atoms with Gasteiger partial charge in [-0.2, -0.15) is 5.10 Å². The van der Waals surface area contributed by atoms with Gasteiger partial charge in [0.05, 0.1) is 5.52 Å². The molecule has 0 aliphatic carbocycles. The molecule has 0 aliphatic rings. The Balaban J connectivity index is 1.61. The van der Waals surface area contributed by atoms with Crippen molar-refractivity contribution in [3.8, 4) is 0 Å². The summed E-state index contributed by atoms with van der Waals surface area (Å²) in [4.78, 5) is 24.4. The van der Waals surface area contributed by atoms with Gasteiger partial charge in [-0.25, -0.2) is 4.79 Å². The molecule has 0 radical (unpaired) electrons. The van der Waals surface area contributed by atoms with Crippen LogP contribution >= 0.6 is 11.6 Å². The molecule has 128 valence electrons. The van der Waals surface area contributed by atoms with Crippen molar-refractivity contribution in [1.82, 2.24) is 15.5 Å². The maximum atomic E-state index is 12.3. The highest BCUT2D eigenvalue weighted by Crippen LogP contribution is 2.17. The molecule has 1 aromatic heterocycles. The Labute approximate surface area is 149 Å². The number of amides is 1. The first kappa shape index (κ1) is 17.0. The molecule has 1 amide bonds. The van der Waals surface area contributed by atoms with Crippen LogP contribution in [0.1, 0.15) is 23.0 Å². The Hall–Kier alpha value is -2.86. The number of halogens is 1. The summed E-state index contributed by atoms with van der Waals surface area (Å²) >= 11 is 6.05. The SMILES string of the molecule is C[C@@H](OC(=O)c1n[nH]c2ccccc12)C(=O)NCc1ccccc1Cl. The number of carbonyl (C=O) groups excluding carboxylic acids is 2. The molecule has 3 rings (SSSR count). The Morgan fingerprint density at radius 3 is 2.72 bits per heavy atom. The quantitative estimate of drug-likeness (QED) is 0.687. The lowest BCUT2D eigenvalue weighted by Crippen LogP contribution is -2.35. The first-order valence-electron chi connectivity index (χ1n) is 7.71. The Morgan fingerprint density at radius 1 is 1.20 bits per heavy atom. The summed E-state index contributed by atoms with van der Waals surface area (Å²) in [5.41, 5.74) is 1.67. The average Bonchev–Trinajstić information content (AvgIpc) is 3.05. The summed E-state index contributed by atoms with van der Waals surface area (Å²) in [5, 5.41) is 10.6. The van der Waals surface area contributed by atoms with Crippen molar-refractivity contribution in [2.24, 2.45) is 0 Å². The van der Waals surface area contributed by atoms with E-state index in [4.69, 9.17) is 16.3 Å². The molecule has 1 heterocycles. The molecule has 7 heteroatoms. The zero-order valence-electron chi connectivity index (χ0n) is 13.5. The van der Waals surface area contributed by atoms with Gasteiger partial charge >= 0.3 is 5.97 Å². The van der Waals surface area contributed by atoms with Crippen LogP contribution in [0.15, 0.2) is 48.5 Å². The van der Waals surface area contributed by atoms with Crippen molar-refractivity contribution in [2.45, 2.75) is 19.6 Å². The number of hydrogen-bond acceptors (Lipinski definition) is 4. The Kier molecular flexibility index (Phi) is 5.00. The summed E-state index contributed by atoms with van der Waals surface area (Å²) in [6.45, 7) is 1.76. The molecule has 0 aliphatic heterocycles. The number of fused-ring (bicyclic) bond motifs is 1. The van der Waals surface area contributed by atoms with Crippen LogP contribution in [0.2, 0.25) is 5.02 Å². The van der Waals surface area contributed by atoms with Gasteiger partial charge in [-0.3, -0.25) is 9.89 Å². The van der Waals surface area contributed by atoms with Crippen LogP contribution in [0.5, 0.6) is 0 Å². The third kappa shape index (κ3) is 3.80. The summed E-state index contributed by atoms with van der Waals surface area (Å²) in [6, 6.07) is 14.4. The topological polar surface area (TPSA) is 84.1 Å². The number of H-pyrrole nitrogens is 1. The second-order valence-electron chi connectivity index (χ2n) is 5.47. The van der Waals surface area contributed by atoms with Crippen molar-refractivity contribution in [3.05, 3.63) is 64.8 Å². The number of rotatable bonds is 5. The Bertz CT molecular complexity index is 923. The highest BCUT2D eigenvalue weighted by Gasteiger charge is 2.22. The van der Waals surface area contributed by atoms with E-state index in [1.54, 1.807) is 24.3 Å². The largest absolute Gasteiger partial charge is 0.448 e. The molecule has 0 saturated carbocycles. The van der Waals surface area contributed by atoms with Crippen LogP contribution in [0.4, 0.5) is 0 Å². The van der Waals surface area contributed by atoms with E-state index in [9.17, 15) is 9.59 Å². The standard InChI is InChI=1S/C18H16ClN3O3/c1-11(17(23)20-10-12-6-2-4-8-14(12)19)25-18(24)16-13-7-3-5-9-15(13)21-22-16/h2-9,11H,10H2,1H3,(H,20,23)(H,21,22)/t11-/m1/s1. The molecule has 0 spiro atoms. The minimum absolute atomic E-state index is 0.154. The first-order valence-corrected chi connectivity index (χ1v) is 8.09. The van der Waals surface area contributed by atoms with Crippen LogP contribution in [-0.2, 0) is 16.1 Å². The van der Waals surface area contributed by atoms with Crippen LogP contribution in [-0.4, -0.2) is 28.2 Å². The smallest absolute Gasteiger partial charge is 0.360 e. The van der Waals surface area contributed by atoms with E-state index in [1.807, 2.05) is 24.3 Å². The predicted octanol–water partition coefficient (Wildman–Crippen LogP) is 3.08. The summed E-state index contributed by atoms with van der Waals surface area (Å²) in [5.74, 6) is -1.06. The van der Waals surface area contributed by atoms with E-state index in [1.165, 1.54) is 6.92 Å². The lowest BCUT2D eigenvalue weighted by Gasteiger charge is -2.13. The molecule has 1 atom stereocenters. The third-order valence-corrected chi connectivity index (χ3v) is 4.10. The number of aromatic nitrogens is 2. The number of hydrogen-bond donors (Lipinski definition) is 2. The van der Waals surface area contributed by atoms with E-state index in [0.29, 0.717) is 10.4 Å². The number of benzene rings is 2. The Morgan fingerprint density at radius 2 is 1.92 bits per heavy atom. The fraction of sp³-hybridized carbons (Fsp3) is 0.167. The molecule has 25 heavy (non-hydrogen) atoms. The highest BCUT2D eigenvalue weighted by atomic mass is 35.5. The zero-order chi connectivity index (χ0) is 17.8. The second-order valence-corrected chi connectivity index (χ2v) is 5.88. The first-order chi connectivity index (χ1) is 12.1. The third-order valence-electron chi connectivity index (χ3n) is 3.73. The van der Waals surface area contributed by atoms with Gasteiger partial charge in [-0.1, -0.05) is 48.0 Å². The van der Waals surface area contributed by atoms with Crippen molar-refractivity contribution < 1.29 is 14.3 Å². The normalized spacial score (nSPS) is 11.9. The van der Waals surface area contributed by atoms with Crippen molar-refractivity contribution in [2.75, 3.05) is 0 Å². The molecule has 6 nitrogen and oxygen atoms in total. The number of para-hydroxylation sites is 1. The van der Waals surface area contributed by atoms with Crippen molar-refractivity contribution >= 4 is 34.4 Å². The number of ether oxygens (including phenoxy) is 1. The van der Waals surface area contributed by atoms with E-state index in [0.717, 1.165) is 11.1 Å². The summed E-state index contributed by atoms with van der Waals surface area (Å²) in [7, 11) is 0. The van der Waals surface area contributed by atoms with Crippen molar-refractivity contribution in [3.63, 3.8) is 0 Å². The van der Waals surface area contributed by atoms with E-state index in [2.05, 4.69) is 15.5 Å². The number of nitrogens with one attached hydrogen (secondary N) is 2. The van der Waals surface area contributed by atoms with E-state index in [-0.39, 0.29) is 12.2 Å². The van der Waals surface area contributed by atoms with Crippen LogP contribution in [0, 0.1) is 0 Å². The lowest BCUT2D eigenvalue weighted by molar-refractivity contribution is -0.129. The molecule has 0 unspecified atom stereocenters. The molecule has 0 bridgehead atoms. The number of nitrogens with zero attached hydrogens (tertiary/aromatic N) is 1. The molecule has 3 aromatic rings. The van der Waals surface area contributed by atoms with Gasteiger partial charge in [-0.15, -0.1) is 0 Å². The fourth-order valence-electron chi connectivity index (χ4n) is 2.36. The number of carbonyl (C=O) groups is 2. The van der Waals surface area contributed by atoms with Gasteiger partial charge in [-0.05, 0) is 24.6 Å². The summed E-state index contributed by atoms with van der Waals surface area (Å²) in [6.07, 6.45) is -0.953. The lowest BCUT2D eigenvalue weighted by atomic mass is 10.2. The van der Waals surface area contributed by atoms with E-state index < -0.39 is 18.0 Å². The van der Waals surface area contributed by atoms with Crippen molar-refractivity contribution in [1.29, 1.82) is 0 Å². The zero-order valence-corrected chi connectivity index (χ0v) is 14.2. The van der Waals surface area contributed by atoms with Gasteiger partial charge in [0.1, 0.15) is 0 Å². The van der Waals surface area contributed by atoms with Crippen LogP contribution in [0.3, 0.4) is 0 Å². The van der Waals surface area contributed by atoms with E-state index >= 15 is 0 Å². The molecule has 0 fully saturated rings. The second kappa shape index (κ2) is 7.36. The predicted molar refractivity (Wildman–Crippen MR) is 94.3 cm³/mol. The van der Waals surface area contributed by atoms with Crippen LogP contribution < -0.4 is 5.32 Å². The molecular weight excluding hydrogens is 342 g/mol. The number of aromatic amines is 1. The number of esters is 1. The maximum Gasteiger partial charge on any atom is 0.360 e. The molecule has 2 N–H and O–H groups in total. The van der Waals surface area contributed by atoms with Gasteiger partial charge in [0.2, 0.25) is 0 Å². The highest BCUT2D eigenvalue weighted by molar-refractivity contribution is 6.31. The molecular formula is C18H16ClN3O3. The minimum atomic E-state index is -0.953. The molecule has 0 saturated heterocycles. The van der Waals surface area contributed by atoms with Gasteiger partial charge in [0.25, 0.3) is 5.91 Å². The monoisotopic (exact) mass is 357 g/mol. The van der Waals surface area contributed by atoms with Gasteiger partial charge in [0.15, 0.2) is 11.8 Å². The van der Waals surface area contributed by atoms with Crippen LogP contribution in [0.25, 0.3) is 10.9 Å².